The Balaban J connectivity index is 1.32. The van der Waals surface area contributed by atoms with E-state index in [1.807, 2.05) is 0 Å². The van der Waals surface area contributed by atoms with E-state index in [1.54, 1.807) is 0 Å². The highest BCUT2D eigenvalue weighted by Crippen LogP contribution is 2.57. The lowest BCUT2D eigenvalue weighted by Gasteiger charge is -2.34. The first kappa shape index (κ1) is 29.3. The van der Waals surface area contributed by atoms with E-state index in [0.29, 0.717) is 0 Å². The second-order valence-electron chi connectivity index (χ2n) is 16.0. The lowest BCUT2D eigenvalue weighted by atomic mass is 9.80. The number of nitrogens with zero attached hydrogens (tertiary/aromatic N) is 1. The molecule has 0 aromatic heterocycles. The van der Waals surface area contributed by atoms with Crippen LogP contribution in [0.25, 0.3) is 33.4 Å². The summed E-state index contributed by atoms with van der Waals surface area (Å²) in [4.78, 5) is 2.57. The lowest BCUT2D eigenvalue weighted by Crippen LogP contribution is -2.22. The average Bonchev–Trinajstić information content (AvgIpc) is 3.54. The van der Waals surface area contributed by atoms with Gasteiger partial charge in [0.25, 0.3) is 0 Å². The summed E-state index contributed by atoms with van der Waals surface area (Å²) in [5, 5.41) is 0. The Bertz CT molecular complexity index is 2240. The van der Waals surface area contributed by atoms with Crippen LogP contribution in [0.15, 0.2) is 115 Å². The first-order valence-corrected chi connectivity index (χ1v) is 17.4. The van der Waals surface area contributed by atoms with Gasteiger partial charge in [0.15, 0.2) is 0 Å². The van der Waals surface area contributed by atoms with Crippen LogP contribution in [-0.4, -0.2) is 0 Å². The zero-order valence-electron chi connectivity index (χ0n) is 29.4. The van der Waals surface area contributed by atoms with Crippen molar-refractivity contribution in [2.75, 3.05) is 4.90 Å². The fourth-order valence-electron chi connectivity index (χ4n) is 9.46. The zero-order chi connectivity index (χ0) is 33.3. The van der Waals surface area contributed by atoms with Crippen molar-refractivity contribution in [3.05, 3.63) is 160 Å². The van der Waals surface area contributed by atoms with Gasteiger partial charge < -0.3 is 4.90 Å². The molecule has 6 aromatic carbocycles. The first-order chi connectivity index (χ1) is 22.9. The monoisotopic (exact) mass is 621 g/mol. The molecule has 0 amide bonds. The highest BCUT2D eigenvalue weighted by Gasteiger charge is 2.41. The van der Waals surface area contributed by atoms with Gasteiger partial charge in [-0.3, -0.25) is 0 Å². The van der Waals surface area contributed by atoms with Crippen LogP contribution in [-0.2, 0) is 16.2 Å². The molecule has 0 saturated carbocycles. The zero-order valence-corrected chi connectivity index (χ0v) is 29.4. The van der Waals surface area contributed by atoms with E-state index in [-0.39, 0.29) is 16.2 Å². The molecule has 3 aliphatic carbocycles. The van der Waals surface area contributed by atoms with Crippen LogP contribution in [0, 0.1) is 13.8 Å². The number of rotatable bonds is 3. The Morgan fingerprint density at radius 2 is 0.854 bits per heavy atom. The Hall–Kier alpha value is -4.88. The minimum atomic E-state index is -0.155. The van der Waals surface area contributed by atoms with Gasteiger partial charge in [0.2, 0.25) is 0 Å². The molecule has 48 heavy (non-hydrogen) atoms. The summed E-state index contributed by atoms with van der Waals surface area (Å²) in [5.74, 6) is 0. The van der Waals surface area contributed by atoms with Crippen molar-refractivity contribution in [2.45, 2.75) is 71.6 Å². The molecular weight excluding hydrogens is 579 g/mol. The maximum absolute atomic E-state index is 2.57. The molecule has 3 aliphatic rings. The topological polar surface area (TPSA) is 3.24 Å². The van der Waals surface area contributed by atoms with Crippen molar-refractivity contribution >= 4 is 17.1 Å². The first-order valence-electron chi connectivity index (χ1n) is 17.4. The Kier molecular flexibility index (Phi) is 5.86. The van der Waals surface area contributed by atoms with Crippen molar-refractivity contribution in [3.63, 3.8) is 0 Å². The number of fused-ring (bicyclic) bond motifs is 9. The van der Waals surface area contributed by atoms with E-state index in [1.165, 1.54) is 95.0 Å². The maximum atomic E-state index is 2.57. The van der Waals surface area contributed by atoms with E-state index >= 15 is 0 Å². The van der Waals surface area contributed by atoms with Crippen molar-refractivity contribution in [3.8, 4) is 33.4 Å². The molecule has 1 nitrogen and oxygen atoms in total. The van der Waals surface area contributed by atoms with E-state index in [2.05, 4.69) is 176 Å². The molecular formula is C47H43N. The van der Waals surface area contributed by atoms with Crippen molar-refractivity contribution in [2.24, 2.45) is 0 Å². The third-order valence-corrected chi connectivity index (χ3v) is 11.9. The molecule has 0 heterocycles. The third-order valence-electron chi connectivity index (χ3n) is 11.9. The van der Waals surface area contributed by atoms with Crippen LogP contribution in [0.2, 0.25) is 0 Å². The maximum Gasteiger partial charge on any atom is 0.0511 e. The van der Waals surface area contributed by atoms with Crippen LogP contribution in [0.3, 0.4) is 0 Å². The van der Waals surface area contributed by atoms with Crippen molar-refractivity contribution < 1.29 is 0 Å². The number of aryl methyl sites for hydroxylation is 2. The molecule has 0 atom stereocenters. The van der Waals surface area contributed by atoms with Gasteiger partial charge in [-0.15, -0.1) is 0 Å². The Morgan fingerprint density at radius 1 is 0.375 bits per heavy atom. The van der Waals surface area contributed by atoms with Gasteiger partial charge >= 0.3 is 0 Å². The summed E-state index contributed by atoms with van der Waals surface area (Å²) in [6, 6.07) is 44.2. The van der Waals surface area contributed by atoms with E-state index in [4.69, 9.17) is 0 Å². The predicted octanol–water partition coefficient (Wildman–Crippen LogP) is 12.7. The van der Waals surface area contributed by atoms with E-state index in [0.717, 1.165) is 0 Å². The Morgan fingerprint density at radius 3 is 1.42 bits per heavy atom. The predicted molar refractivity (Wildman–Crippen MR) is 203 cm³/mol. The number of hydrogen-bond acceptors (Lipinski definition) is 1. The molecule has 0 spiro atoms. The molecule has 0 radical (unpaired) electrons. The summed E-state index contributed by atoms with van der Waals surface area (Å²) in [6.45, 7) is 18.8. The van der Waals surface area contributed by atoms with Crippen LogP contribution < -0.4 is 4.90 Å². The lowest BCUT2D eigenvalue weighted by molar-refractivity contribution is 0.657. The average molecular weight is 622 g/mol. The standard InChI is InChI=1S/C47H43N/c1-28-17-22-40-36(23-28)37-24-29(2)25-43(44(37)47(40,7)8)48(30-18-20-34-32-13-9-11-15-38(32)45(3,4)41(34)26-30)31-19-21-35-33-14-10-12-16-39(33)46(5,6)42(35)27-31/h9-27H,1-8H3. The summed E-state index contributed by atoms with van der Waals surface area (Å²) >= 11 is 0. The second kappa shape index (κ2) is 9.60. The van der Waals surface area contributed by atoms with Crippen LogP contribution >= 0.6 is 0 Å². The highest BCUT2D eigenvalue weighted by atomic mass is 15.1. The molecule has 6 aromatic rings. The van der Waals surface area contributed by atoms with E-state index in [9.17, 15) is 0 Å². The molecule has 9 rings (SSSR count). The van der Waals surface area contributed by atoms with Crippen LogP contribution in [0.5, 0.6) is 0 Å². The van der Waals surface area contributed by atoms with Gasteiger partial charge in [-0.25, -0.2) is 0 Å². The number of benzene rings is 6. The third kappa shape index (κ3) is 3.79. The molecule has 0 N–H and O–H groups in total. The molecule has 0 saturated heterocycles. The highest BCUT2D eigenvalue weighted by molar-refractivity contribution is 5.94. The van der Waals surface area contributed by atoms with Crippen molar-refractivity contribution in [1.29, 1.82) is 0 Å². The summed E-state index contributed by atoms with van der Waals surface area (Å²) in [5.41, 5.74) is 22.5. The van der Waals surface area contributed by atoms with Crippen LogP contribution in [0.1, 0.15) is 86.1 Å². The fraction of sp³-hybridized carbons (Fsp3) is 0.234. The van der Waals surface area contributed by atoms with Crippen molar-refractivity contribution in [1.82, 2.24) is 0 Å². The fourth-order valence-corrected chi connectivity index (χ4v) is 9.46. The number of anilines is 3. The van der Waals surface area contributed by atoms with Gasteiger partial charge in [-0.2, -0.15) is 0 Å². The molecule has 1 heteroatoms. The minimum Gasteiger partial charge on any atom is -0.310 e. The molecule has 0 fully saturated rings. The minimum absolute atomic E-state index is 0.0865. The van der Waals surface area contributed by atoms with Gasteiger partial charge in [-0.1, -0.05) is 132 Å². The van der Waals surface area contributed by atoms with Gasteiger partial charge in [0.1, 0.15) is 0 Å². The second-order valence-corrected chi connectivity index (χ2v) is 16.0. The summed E-state index contributed by atoms with van der Waals surface area (Å²) in [7, 11) is 0. The molecule has 236 valence electrons. The summed E-state index contributed by atoms with van der Waals surface area (Å²) in [6.07, 6.45) is 0. The molecule has 0 bridgehead atoms. The molecule has 0 unspecified atom stereocenters. The Labute approximate surface area is 285 Å². The van der Waals surface area contributed by atoms with Gasteiger partial charge in [0.05, 0.1) is 5.69 Å². The SMILES string of the molecule is Cc1ccc2c(c1)-c1cc(C)cc(N(c3ccc4c(c3)C(C)(C)c3ccccc3-4)c3ccc4c(c3)C(C)(C)c3ccccc3-4)c1C2(C)C. The largest absolute Gasteiger partial charge is 0.310 e. The van der Waals surface area contributed by atoms with E-state index < -0.39 is 0 Å². The van der Waals surface area contributed by atoms with Gasteiger partial charge in [0, 0.05) is 27.6 Å². The summed E-state index contributed by atoms with van der Waals surface area (Å²) < 4.78 is 0. The normalized spacial score (nSPS) is 16.4. The molecule has 0 aliphatic heterocycles. The van der Waals surface area contributed by atoms with Gasteiger partial charge in [-0.05, 0) is 117 Å². The van der Waals surface area contributed by atoms with Crippen LogP contribution in [0.4, 0.5) is 17.1 Å². The smallest absolute Gasteiger partial charge is 0.0511 e. The number of hydrogen-bond donors (Lipinski definition) is 0. The quantitative estimate of drug-likeness (QED) is 0.190.